The van der Waals surface area contributed by atoms with Crippen molar-refractivity contribution in [2.24, 2.45) is 16.3 Å². The standard InChI is InChI=1S/C20H40N4O2.HI/c1-6-21-19(22-14-16(2)24-9-12-25-13-10-24)23-15-17-8-7-11-26-18(17)20(3,4)5;/h16-18H,6-15H2,1-5H3,(H2,21,22,23);1H. The molecule has 0 amide bonds. The van der Waals surface area contributed by atoms with Crippen LogP contribution in [0.4, 0.5) is 0 Å². The van der Waals surface area contributed by atoms with Gasteiger partial charge in [-0.2, -0.15) is 0 Å². The third-order valence-electron chi connectivity index (χ3n) is 5.36. The van der Waals surface area contributed by atoms with E-state index >= 15 is 0 Å². The van der Waals surface area contributed by atoms with Crippen molar-refractivity contribution in [3.8, 4) is 0 Å². The van der Waals surface area contributed by atoms with Crippen LogP contribution in [0.1, 0.15) is 47.5 Å². The minimum atomic E-state index is 0. The number of morpholine rings is 1. The molecule has 2 aliphatic heterocycles. The summed E-state index contributed by atoms with van der Waals surface area (Å²) in [6.45, 7) is 18.4. The molecule has 0 aromatic carbocycles. The summed E-state index contributed by atoms with van der Waals surface area (Å²) in [5.74, 6) is 1.45. The Bertz CT molecular complexity index is 436. The molecule has 0 bridgehead atoms. The van der Waals surface area contributed by atoms with Crippen molar-refractivity contribution >= 4 is 29.9 Å². The molecule has 0 aliphatic carbocycles. The zero-order chi connectivity index (χ0) is 19.0. The van der Waals surface area contributed by atoms with E-state index in [1.807, 2.05) is 0 Å². The molecule has 160 valence electrons. The Morgan fingerprint density at radius 1 is 1.19 bits per heavy atom. The van der Waals surface area contributed by atoms with Crippen LogP contribution in [-0.2, 0) is 9.47 Å². The molecule has 0 saturated carbocycles. The topological polar surface area (TPSA) is 58.1 Å². The molecule has 3 unspecified atom stereocenters. The molecule has 2 N–H and O–H groups in total. The van der Waals surface area contributed by atoms with Gasteiger partial charge in [0, 0.05) is 44.7 Å². The van der Waals surface area contributed by atoms with Crippen LogP contribution in [0.3, 0.4) is 0 Å². The zero-order valence-corrected chi connectivity index (χ0v) is 20.3. The molecule has 6 nitrogen and oxygen atoms in total. The Balaban J connectivity index is 0.00000364. The first-order valence-corrected chi connectivity index (χ1v) is 10.4. The molecule has 27 heavy (non-hydrogen) atoms. The maximum absolute atomic E-state index is 6.11. The van der Waals surface area contributed by atoms with E-state index in [0.29, 0.717) is 18.1 Å². The highest BCUT2D eigenvalue weighted by molar-refractivity contribution is 14.0. The quantitative estimate of drug-likeness (QED) is 0.337. The van der Waals surface area contributed by atoms with Crippen molar-refractivity contribution in [1.29, 1.82) is 0 Å². The average molecular weight is 496 g/mol. The van der Waals surface area contributed by atoms with Crippen LogP contribution in [0, 0.1) is 11.3 Å². The maximum Gasteiger partial charge on any atom is 0.191 e. The van der Waals surface area contributed by atoms with Gasteiger partial charge in [-0.15, -0.1) is 24.0 Å². The molecule has 2 heterocycles. The Kier molecular flexibility index (Phi) is 11.5. The van der Waals surface area contributed by atoms with E-state index in [4.69, 9.17) is 14.5 Å². The number of aliphatic imine (C=N–C) groups is 1. The number of nitrogens with one attached hydrogen (secondary N) is 2. The molecule has 2 saturated heterocycles. The van der Waals surface area contributed by atoms with Crippen LogP contribution in [0.2, 0.25) is 0 Å². The second-order valence-corrected chi connectivity index (χ2v) is 8.66. The summed E-state index contributed by atoms with van der Waals surface area (Å²) in [7, 11) is 0. The molecule has 2 aliphatic rings. The average Bonchev–Trinajstić information content (AvgIpc) is 2.64. The molecular weight excluding hydrogens is 455 g/mol. The van der Waals surface area contributed by atoms with E-state index in [0.717, 1.165) is 64.9 Å². The third kappa shape index (κ3) is 8.41. The van der Waals surface area contributed by atoms with Gasteiger partial charge in [0.1, 0.15) is 0 Å². The lowest BCUT2D eigenvalue weighted by molar-refractivity contribution is -0.0835. The number of rotatable bonds is 6. The normalized spacial score (nSPS) is 26.2. The molecule has 0 spiro atoms. The Morgan fingerprint density at radius 3 is 2.52 bits per heavy atom. The fourth-order valence-electron chi connectivity index (χ4n) is 3.94. The number of hydrogen-bond donors (Lipinski definition) is 2. The van der Waals surface area contributed by atoms with Gasteiger partial charge in [0.25, 0.3) is 0 Å². The summed E-state index contributed by atoms with van der Waals surface area (Å²) in [5, 5.41) is 6.96. The second-order valence-electron chi connectivity index (χ2n) is 8.66. The summed E-state index contributed by atoms with van der Waals surface area (Å²) < 4.78 is 11.5. The van der Waals surface area contributed by atoms with Gasteiger partial charge in [-0.25, -0.2) is 0 Å². The van der Waals surface area contributed by atoms with E-state index in [1.54, 1.807) is 0 Å². The molecule has 3 atom stereocenters. The number of ether oxygens (including phenoxy) is 2. The molecule has 2 rings (SSSR count). The van der Waals surface area contributed by atoms with Gasteiger partial charge in [-0.1, -0.05) is 20.8 Å². The summed E-state index contributed by atoms with van der Waals surface area (Å²) in [4.78, 5) is 7.29. The van der Waals surface area contributed by atoms with Gasteiger partial charge >= 0.3 is 0 Å². The minimum Gasteiger partial charge on any atom is -0.379 e. The van der Waals surface area contributed by atoms with Crippen LogP contribution in [0.25, 0.3) is 0 Å². The largest absolute Gasteiger partial charge is 0.379 e. The first-order chi connectivity index (χ1) is 12.4. The smallest absolute Gasteiger partial charge is 0.191 e. The first kappa shape index (κ1) is 24.9. The lowest BCUT2D eigenvalue weighted by atomic mass is 9.78. The predicted molar refractivity (Wildman–Crippen MR) is 123 cm³/mol. The minimum absolute atomic E-state index is 0. The van der Waals surface area contributed by atoms with Crippen molar-refractivity contribution < 1.29 is 9.47 Å². The van der Waals surface area contributed by atoms with Crippen LogP contribution >= 0.6 is 24.0 Å². The highest BCUT2D eigenvalue weighted by Gasteiger charge is 2.35. The number of guanidine groups is 1. The van der Waals surface area contributed by atoms with Crippen molar-refractivity contribution in [1.82, 2.24) is 15.5 Å². The van der Waals surface area contributed by atoms with Gasteiger partial charge in [0.15, 0.2) is 5.96 Å². The van der Waals surface area contributed by atoms with Crippen molar-refractivity contribution in [3.05, 3.63) is 0 Å². The van der Waals surface area contributed by atoms with Crippen LogP contribution < -0.4 is 10.6 Å². The van der Waals surface area contributed by atoms with Crippen molar-refractivity contribution in [3.63, 3.8) is 0 Å². The lowest BCUT2D eigenvalue weighted by Gasteiger charge is -2.40. The second kappa shape index (κ2) is 12.4. The fourth-order valence-corrected chi connectivity index (χ4v) is 3.94. The zero-order valence-electron chi connectivity index (χ0n) is 17.9. The Hall–Kier alpha value is -0.120. The molecule has 2 fully saturated rings. The van der Waals surface area contributed by atoms with Crippen LogP contribution in [-0.4, -0.2) is 75.5 Å². The van der Waals surface area contributed by atoms with E-state index < -0.39 is 0 Å². The van der Waals surface area contributed by atoms with Crippen molar-refractivity contribution in [2.45, 2.75) is 59.6 Å². The molecule has 0 radical (unpaired) electrons. The molecular formula is C20H41IN4O2. The van der Waals surface area contributed by atoms with Gasteiger partial charge in [-0.05, 0) is 32.1 Å². The molecule has 0 aromatic heterocycles. The SMILES string of the molecule is CCNC(=NCC(C)N1CCOCC1)NCC1CCCOC1C(C)(C)C.I. The Labute approximate surface area is 183 Å². The highest BCUT2D eigenvalue weighted by Crippen LogP contribution is 2.33. The highest BCUT2D eigenvalue weighted by atomic mass is 127. The van der Waals surface area contributed by atoms with E-state index in [2.05, 4.69) is 50.2 Å². The monoisotopic (exact) mass is 496 g/mol. The first-order valence-electron chi connectivity index (χ1n) is 10.4. The number of halogens is 1. The van der Waals surface area contributed by atoms with Crippen molar-refractivity contribution in [2.75, 3.05) is 52.5 Å². The number of hydrogen-bond acceptors (Lipinski definition) is 4. The van der Waals surface area contributed by atoms with Gasteiger partial charge in [-0.3, -0.25) is 9.89 Å². The summed E-state index contributed by atoms with van der Waals surface area (Å²) in [5.41, 5.74) is 0.174. The number of nitrogens with zero attached hydrogens (tertiary/aromatic N) is 2. The van der Waals surface area contributed by atoms with Gasteiger partial charge in [0.05, 0.1) is 25.9 Å². The summed E-state index contributed by atoms with van der Waals surface area (Å²) in [6.07, 6.45) is 2.68. The Morgan fingerprint density at radius 2 is 1.89 bits per heavy atom. The van der Waals surface area contributed by atoms with E-state index in [9.17, 15) is 0 Å². The van der Waals surface area contributed by atoms with E-state index in [1.165, 1.54) is 6.42 Å². The van der Waals surface area contributed by atoms with E-state index in [-0.39, 0.29) is 29.4 Å². The molecule has 7 heteroatoms. The summed E-state index contributed by atoms with van der Waals surface area (Å²) >= 11 is 0. The fraction of sp³-hybridized carbons (Fsp3) is 0.950. The van der Waals surface area contributed by atoms with Gasteiger partial charge in [0.2, 0.25) is 0 Å². The van der Waals surface area contributed by atoms with Crippen LogP contribution in [0.5, 0.6) is 0 Å². The molecule has 0 aromatic rings. The third-order valence-corrected chi connectivity index (χ3v) is 5.36. The lowest BCUT2D eigenvalue weighted by Crippen LogP contribution is -2.48. The van der Waals surface area contributed by atoms with Gasteiger partial charge < -0.3 is 20.1 Å². The maximum atomic E-state index is 6.11. The predicted octanol–water partition coefficient (Wildman–Crippen LogP) is 2.72. The summed E-state index contributed by atoms with van der Waals surface area (Å²) in [6, 6.07) is 0.440. The van der Waals surface area contributed by atoms with Crippen LogP contribution in [0.15, 0.2) is 4.99 Å².